The lowest BCUT2D eigenvalue weighted by Crippen LogP contribution is -2.44. The smallest absolute Gasteiger partial charge is 0.255 e. The van der Waals surface area contributed by atoms with Gasteiger partial charge in [0.05, 0.1) is 11.3 Å². The summed E-state index contributed by atoms with van der Waals surface area (Å²) in [6, 6.07) is 17.2. The fourth-order valence-corrected chi connectivity index (χ4v) is 4.03. The Morgan fingerprint density at radius 1 is 1.00 bits per heavy atom. The quantitative estimate of drug-likeness (QED) is 0.527. The van der Waals surface area contributed by atoms with E-state index in [1.54, 1.807) is 10.9 Å². The molecule has 1 N–H and O–H groups in total. The van der Waals surface area contributed by atoms with Gasteiger partial charge in [0.25, 0.3) is 5.91 Å². The van der Waals surface area contributed by atoms with Crippen LogP contribution in [0.15, 0.2) is 60.8 Å². The van der Waals surface area contributed by atoms with Crippen molar-refractivity contribution in [1.29, 1.82) is 0 Å². The maximum Gasteiger partial charge on any atom is 0.255 e. The number of benzene rings is 2. The SMILES string of the molecule is CN1CCN(CCCCNC(=O)c2cn(-c3ccccc3)nc2-c2ccc(Cl)cc2)CC1. The van der Waals surface area contributed by atoms with Crippen molar-refractivity contribution in [3.63, 3.8) is 0 Å². The Hall–Kier alpha value is -2.67. The topological polar surface area (TPSA) is 53.4 Å². The van der Waals surface area contributed by atoms with Crippen LogP contribution in [0.4, 0.5) is 0 Å². The Morgan fingerprint density at radius 3 is 2.44 bits per heavy atom. The minimum atomic E-state index is -0.100. The Bertz CT molecular complexity index is 1010. The van der Waals surface area contributed by atoms with Gasteiger partial charge in [-0.25, -0.2) is 4.68 Å². The Labute approximate surface area is 194 Å². The Kier molecular flexibility index (Phi) is 7.58. The molecule has 0 saturated carbocycles. The van der Waals surface area contributed by atoms with Crippen LogP contribution >= 0.6 is 11.6 Å². The summed E-state index contributed by atoms with van der Waals surface area (Å²) < 4.78 is 1.76. The molecule has 7 heteroatoms. The number of halogens is 1. The number of hydrogen-bond donors (Lipinski definition) is 1. The molecule has 1 saturated heterocycles. The number of amides is 1. The first-order chi connectivity index (χ1) is 15.6. The maximum absolute atomic E-state index is 13.0. The molecule has 0 atom stereocenters. The third kappa shape index (κ3) is 5.76. The number of hydrogen-bond acceptors (Lipinski definition) is 4. The maximum atomic E-state index is 13.0. The molecule has 0 bridgehead atoms. The number of likely N-dealkylation sites (N-methyl/N-ethyl adjacent to an activating group) is 1. The number of nitrogens with one attached hydrogen (secondary N) is 1. The molecule has 0 spiro atoms. The summed E-state index contributed by atoms with van der Waals surface area (Å²) in [6.07, 6.45) is 3.84. The van der Waals surface area contributed by atoms with Crippen molar-refractivity contribution in [2.75, 3.05) is 46.3 Å². The molecule has 3 aromatic rings. The third-order valence-corrected chi connectivity index (χ3v) is 6.13. The van der Waals surface area contributed by atoms with E-state index in [-0.39, 0.29) is 5.91 Å². The predicted octanol–water partition coefficient (Wildman–Crippen LogP) is 3.95. The van der Waals surface area contributed by atoms with Crippen LogP contribution in [0.2, 0.25) is 5.02 Å². The van der Waals surface area contributed by atoms with Gasteiger partial charge in [-0.05, 0) is 50.7 Å². The second kappa shape index (κ2) is 10.8. The number of carbonyl (C=O) groups is 1. The first-order valence-corrected chi connectivity index (χ1v) is 11.6. The van der Waals surface area contributed by atoms with Crippen LogP contribution in [0.1, 0.15) is 23.2 Å². The molecule has 0 aliphatic carbocycles. The van der Waals surface area contributed by atoms with Crippen LogP contribution in [0, 0.1) is 0 Å². The van der Waals surface area contributed by atoms with Crippen LogP contribution in [0.5, 0.6) is 0 Å². The molecule has 1 aliphatic heterocycles. The summed E-state index contributed by atoms with van der Waals surface area (Å²) in [5.41, 5.74) is 2.99. The first-order valence-electron chi connectivity index (χ1n) is 11.2. The van der Waals surface area contributed by atoms with Gasteiger partial charge in [0.2, 0.25) is 0 Å². The zero-order valence-corrected chi connectivity index (χ0v) is 19.3. The van der Waals surface area contributed by atoms with E-state index in [9.17, 15) is 4.79 Å². The molecule has 2 heterocycles. The number of para-hydroxylation sites is 1. The van der Waals surface area contributed by atoms with E-state index in [0.29, 0.717) is 22.8 Å². The summed E-state index contributed by atoms with van der Waals surface area (Å²) >= 11 is 6.05. The van der Waals surface area contributed by atoms with Crippen molar-refractivity contribution >= 4 is 17.5 Å². The highest BCUT2D eigenvalue weighted by Gasteiger charge is 2.19. The fourth-order valence-electron chi connectivity index (χ4n) is 3.90. The summed E-state index contributed by atoms with van der Waals surface area (Å²) in [5.74, 6) is -0.100. The standard InChI is InChI=1S/C25H30ClN5O/c1-29-15-17-30(18-16-29)14-6-5-13-27-25(32)23-19-31(22-7-3-2-4-8-22)28-24(23)20-9-11-21(26)12-10-20/h2-4,7-12,19H,5-6,13-18H2,1H3,(H,27,32). The van der Waals surface area contributed by atoms with Crippen LogP contribution in [0.25, 0.3) is 16.9 Å². The lowest BCUT2D eigenvalue weighted by atomic mass is 10.1. The van der Waals surface area contributed by atoms with Crippen LogP contribution < -0.4 is 5.32 Å². The summed E-state index contributed by atoms with van der Waals surface area (Å²) in [6.45, 7) is 6.28. The van der Waals surface area contributed by atoms with Gasteiger partial charge < -0.3 is 15.1 Å². The predicted molar refractivity (Wildman–Crippen MR) is 130 cm³/mol. The monoisotopic (exact) mass is 451 g/mol. The Morgan fingerprint density at radius 2 is 1.72 bits per heavy atom. The van der Waals surface area contributed by atoms with Gasteiger partial charge in [0, 0.05) is 49.5 Å². The van der Waals surface area contributed by atoms with Gasteiger partial charge in [0.15, 0.2) is 0 Å². The summed E-state index contributed by atoms with van der Waals surface area (Å²) in [5, 5.41) is 8.46. The highest BCUT2D eigenvalue weighted by molar-refractivity contribution is 6.30. The lowest BCUT2D eigenvalue weighted by molar-refractivity contribution is 0.0952. The van der Waals surface area contributed by atoms with E-state index in [4.69, 9.17) is 16.7 Å². The molecule has 32 heavy (non-hydrogen) atoms. The van der Waals surface area contributed by atoms with E-state index in [0.717, 1.165) is 56.8 Å². The third-order valence-electron chi connectivity index (χ3n) is 5.88. The molecular weight excluding hydrogens is 422 g/mol. The second-order valence-corrected chi connectivity index (χ2v) is 8.72. The van der Waals surface area contributed by atoms with E-state index >= 15 is 0 Å². The number of piperazine rings is 1. The molecule has 1 fully saturated rings. The van der Waals surface area contributed by atoms with Crippen LogP contribution in [-0.2, 0) is 0 Å². The minimum Gasteiger partial charge on any atom is -0.352 e. The number of carbonyl (C=O) groups excluding carboxylic acids is 1. The van der Waals surface area contributed by atoms with Gasteiger partial charge in [0.1, 0.15) is 5.69 Å². The molecule has 0 radical (unpaired) electrons. The molecule has 4 rings (SSSR count). The molecule has 2 aromatic carbocycles. The van der Waals surface area contributed by atoms with Gasteiger partial charge in [-0.15, -0.1) is 0 Å². The van der Waals surface area contributed by atoms with E-state index in [1.807, 2.05) is 54.6 Å². The van der Waals surface area contributed by atoms with Crippen molar-refractivity contribution in [3.05, 3.63) is 71.4 Å². The van der Waals surface area contributed by atoms with Crippen LogP contribution in [-0.4, -0.2) is 71.8 Å². The molecule has 6 nitrogen and oxygen atoms in total. The van der Waals surface area contributed by atoms with Crippen LogP contribution in [0.3, 0.4) is 0 Å². The Balaban J connectivity index is 1.40. The number of rotatable bonds is 8. The van der Waals surface area contributed by atoms with Crippen molar-refractivity contribution in [1.82, 2.24) is 24.9 Å². The van der Waals surface area contributed by atoms with Gasteiger partial charge in [-0.3, -0.25) is 4.79 Å². The average Bonchev–Trinajstić information content (AvgIpc) is 3.27. The lowest BCUT2D eigenvalue weighted by Gasteiger charge is -2.32. The number of nitrogens with zero attached hydrogens (tertiary/aromatic N) is 4. The molecule has 0 unspecified atom stereocenters. The number of unbranched alkanes of at least 4 members (excludes halogenated alkanes) is 1. The van der Waals surface area contributed by atoms with E-state index < -0.39 is 0 Å². The normalized spacial score (nSPS) is 15.1. The second-order valence-electron chi connectivity index (χ2n) is 8.29. The van der Waals surface area contributed by atoms with E-state index in [2.05, 4.69) is 22.2 Å². The number of aromatic nitrogens is 2. The van der Waals surface area contributed by atoms with Gasteiger partial charge in [-0.2, -0.15) is 5.10 Å². The van der Waals surface area contributed by atoms with Crippen molar-refractivity contribution in [2.24, 2.45) is 0 Å². The van der Waals surface area contributed by atoms with E-state index in [1.165, 1.54) is 0 Å². The zero-order valence-electron chi connectivity index (χ0n) is 18.5. The molecule has 168 valence electrons. The molecule has 1 aromatic heterocycles. The zero-order chi connectivity index (χ0) is 22.3. The summed E-state index contributed by atoms with van der Waals surface area (Å²) in [7, 11) is 2.17. The largest absolute Gasteiger partial charge is 0.352 e. The van der Waals surface area contributed by atoms with Crippen molar-refractivity contribution in [3.8, 4) is 16.9 Å². The van der Waals surface area contributed by atoms with Gasteiger partial charge in [-0.1, -0.05) is 41.9 Å². The van der Waals surface area contributed by atoms with Crippen molar-refractivity contribution in [2.45, 2.75) is 12.8 Å². The fraction of sp³-hybridized carbons (Fsp3) is 0.360. The first kappa shape index (κ1) is 22.5. The van der Waals surface area contributed by atoms with Gasteiger partial charge >= 0.3 is 0 Å². The molecule has 1 amide bonds. The van der Waals surface area contributed by atoms with Crippen molar-refractivity contribution < 1.29 is 4.79 Å². The molecule has 1 aliphatic rings. The summed E-state index contributed by atoms with van der Waals surface area (Å²) in [4.78, 5) is 17.9. The molecular formula is C25H30ClN5O. The highest BCUT2D eigenvalue weighted by atomic mass is 35.5. The minimum absolute atomic E-state index is 0.100. The highest BCUT2D eigenvalue weighted by Crippen LogP contribution is 2.25. The average molecular weight is 452 g/mol.